The van der Waals surface area contributed by atoms with Crippen LogP contribution >= 0.6 is 11.8 Å². The summed E-state index contributed by atoms with van der Waals surface area (Å²) in [6.07, 6.45) is 5.97. The zero-order chi connectivity index (χ0) is 13.7. The van der Waals surface area contributed by atoms with Crippen LogP contribution in [-0.2, 0) is 4.79 Å². The molecule has 0 unspecified atom stereocenters. The van der Waals surface area contributed by atoms with Crippen LogP contribution < -0.4 is 0 Å². The molecule has 1 aromatic heterocycles. The van der Waals surface area contributed by atoms with E-state index in [1.807, 2.05) is 4.90 Å². The van der Waals surface area contributed by atoms with Gasteiger partial charge in [0.05, 0.1) is 18.1 Å². The Morgan fingerprint density at radius 3 is 2.68 bits per heavy atom. The summed E-state index contributed by atoms with van der Waals surface area (Å²) in [5.41, 5.74) is -0.101. The van der Waals surface area contributed by atoms with Gasteiger partial charge in [0, 0.05) is 13.1 Å². The van der Waals surface area contributed by atoms with E-state index in [1.165, 1.54) is 30.6 Å². The van der Waals surface area contributed by atoms with Gasteiger partial charge in [-0.3, -0.25) is 9.78 Å². The Kier molecular flexibility index (Phi) is 4.73. The number of aromatic carboxylic acids is 1. The molecule has 0 spiro atoms. The van der Waals surface area contributed by atoms with Gasteiger partial charge in [-0.1, -0.05) is 11.8 Å². The highest BCUT2D eigenvalue weighted by Gasteiger charge is 2.17. The summed E-state index contributed by atoms with van der Waals surface area (Å²) in [6.45, 7) is 1.64. The van der Waals surface area contributed by atoms with Crippen molar-refractivity contribution in [2.75, 3.05) is 18.8 Å². The molecule has 1 aromatic rings. The summed E-state index contributed by atoms with van der Waals surface area (Å²) in [4.78, 5) is 32.3. The van der Waals surface area contributed by atoms with Crippen LogP contribution in [-0.4, -0.2) is 50.7 Å². The van der Waals surface area contributed by atoms with E-state index in [4.69, 9.17) is 5.11 Å². The maximum absolute atomic E-state index is 11.9. The average molecular weight is 281 g/mol. The predicted molar refractivity (Wildman–Crippen MR) is 70.1 cm³/mol. The van der Waals surface area contributed by atoms with Gasteiger partial charge in [-0.15, -0.1) is 0 Å². The Balaban J connectivity index is 1.89. The third-order valence-corrected chi connectivity index (χ3v) is 3.77. The van der Waals surface area contributed by atoms with E-state index in [9.17, 15) is 9.59 Å². The van der Waals surface area contributed by atoms with Gasteiger partial charge in [-0.25, -0.2) is 9.78 Å². The highest BCUT2D eigenvalue weighted by molar-refractivity contribution is 7.99. The first kappa shape index (κ1) is 13.8. The first-order valence-corrected chi connectivity index (χ1v) is 7.11. The van der Waals surface area contributed by atoms with Crippen LogP contribution in [0, 0.1) is 0 Å². The molecular weight excluding hydrogens is 266 g/mol. The van der Waals surface area contributed by atoms with Gasteiger partial charge >= 0.3 is 5.97 Å². The zero-order valence-corrected chi connectivity index (χ0v) is 11.2. The number of carboxylic acids is 1. The second kappa shape index (κ2) is 6.51. The van der Waals surface area contributed by atoms with E-state index < -0.39 is 5.97 Å². The summed E-state index contributed by atoms with van der Waals surface area (Å²) < 4.78 is 0. The molecule has 1 amide bonds. The SMILES string of the molecule is O=C(O)c1cncc(SCC(=O)N2CCCCC2)n1. The summed E-state index contributed by atoms with van der Waals surface area (Å²) in [6, 6.07) is 0. The molecule has 1 N–H and O–H groups in total. The van der Waals surface area contributed by atoms with E-state index in [-0.39, 0.29) is 17.4 Å². The van der Waals surface area contributed by atoms with Crippen LogP contribution in [0.25, 0.3) is 0 Å². The third-order valence-electron chi connectivity index (χ3n) is 2.88. The van der Waals surface area contributed by atoms with Crippen LogP contribution in [0.5, 0.6) is 0 Å². The van der Waals surface area contributed by atoms with Crippen LogP contribution in [0.2, 0.25) is 0 Å². The first-order valence-electron chi connectivity index (χ1n) is 6.13. The van der Waals surface area contributed by atoms with E-state index in [2.05, 4.69) is 9.97 Å². The lowest BCUT2D eigenvalue weighted by Gasteiger charge is -2.26. The number of carbonyl (C=O) groups is 2. The molecule has 2 heterocycles. The van der Waals surface area contributed by atoms with Crippen molar-refractivity contribution in [3.05, 3.63) is 18.1 Å². The fourth-order valence-electron chi connectivity index (χ4n) is 1.89. The number of carboxylic acid groups (broad SMARTS) is 1. The number of amides is 1. The Labute approximate surface area is 115 Å². The molecule has 6 nitrogen and oxygen atoms in total. The predicted octanol–water partition coefficient (Wildman–Crippen LogP) is 1.28. The maximum atomic E-state index is 11.9. The number of piperidine rings is 1. The zero-order valence-electron chi connectivity index (χ0n) is 10.4. The number of rotatable bonds is 4. The van der Waals surface area contributed by atoms with Crippen molar-refractivity contribution < 1.29 is 14.7 Å². The molecule has 2 rings (SSSR count). The lowest BCUT2D eigenvalue weighted by molar-refractivity contribution is -0.129. The summed E-state index contributed by atoms with van der Waals surface area (Å²) in [7, 11) is 0. The molecule has 1 saturated heterocycles. The lowest BCUT2D eigenvalue weighted by atomic mass is 10.1. The quantitative estimate of drug-likeness (QED) is 0.837. The smallest absolute Gasteiger partial charge is 0.356 e. The minimum Gasteiger partial charge on any atom is -0.476 e. The number of nitrogens with zero attached hydrogens (tertiary/aromatic N) is 3. The molecule has 102 valence electrons. The number of carbonyl (C=O) groups excluding carboxylic acids is 1. The van der Waals surface area contributed by atoms with E-state index in [0.29, 0.717) is 5.03 Å². The lowest BCUT2D eigenvalue weighted by Crippen LogP contribution is -2.36. The van der Waals surface area contributed by atoms with E-state index in [0.717, 1.165) is 25.9 Å². The van der Waals surface area contributed by atoms with Crippen molar-refractivity contribution in [1.82, 2.24) is 14.9 Å². The fourth-order valence-corrected chi connectivity index (χ4v) is 2.64. The average Bonchev–Trinajstić information content (AvgIpc) is 2.46. The molecule has 0 atom stereocenters. The molecule has 0 saturated carbocycles. The van der Waals surface area contributed by atoms with Crippen molar-refractivity contribution in [2.45, 2.75) is 24.3 Å². The molecule has 1 fully saturated rings. The Bertz CT molecular complexity index is 475. The number of hydrogen-bond acceptors (Lipinski definition) is 5. The van der Waals surface area contributed by atoms with Crippen LogP contribution in [0.4, 0.5) is 0 Å². The highest BCUT2D eigenvalue weighted by Crippen LogP contribution is 2.17. The molecule has 0 aliphatic carbocycles. The third kappa shape index (κ3) is 3.92. The molecule has 1 aliphatic heterocycles. The molecule has 0 aromatic carbocycles. The molecule has 7 heteroatoms. The Morgan fingerprint density at radius 2 is 2.00 bits per heavy atom. The molecule has 19 heavy (non-hydrogen) atoms. The summed E-state index contributed by atoms with van der Waals surface area (Å²) in [5.74, 6) is -0.762. The first-order chi connectivity index (χ1) is 9.16. The Morgan fingerprint density at radius 1 is 1.26 bits per heavy atom. The van der Waals surface area contributed by atoms with Gasteiger partial charge in [-0.2, -0.15) is 0 Å². The summed E-state index contributed by atoms with van der Waals surface area (Å²) >= 11 is 1.23. The number of thioether (sulfide) groups is 1. The normalized spacial score (nSPS) is 15.3. The van der Waals surface area contributed by atoms with Crippen molar-refractivity contribution in [1.29, 1.82) is 0 Å². The van der Waals surface area contributed by atoms with Gasteiger partial charge in [0.2, 0.25) is 5.91 Å². The number of hydrogen-bond donors (Lipinski definition) is 1. The minimum atomic E-state index is -1.11. The molecular formula is C12H15N3O3S. The summed E-state index contributed by atoms with van der Waals surface area (Å²) in [5, 5.41) is 9.27. The Hall–Kier alpha value is -1.63. The standard InChI is InChI=1S/C12H15N3O3S/c16-11(15-4-2-1-3-5-15)8-19-10-7-13-6-9(14-10)12(17)18/h6-7H,1-5,8H2,(H,17,18). The maximum Gasteiger partial charge on any atom is 0.356 e. The highest BCUT2D eigenvalue weighted by atomic mass is 32.2. The van der Waals surface area contributed by atoms with Gasteiger partial charge in [0.1, 0.15) is 5.03 Å². The second-order valence-corrected chi connectivity index (χ2v) is 5.27. The van der Waals surface area contributed by atoms with Crippen molar-refractivity contribution >= 4 is 23.6 Å². The molecule has 0 bridgehead atoms. The van der Waals surface area contributed by atoms with Crippen molar-refractivity contribution in [2.24, 2.45) is 0 Å². The van der Waals surface area contributed by atoms with Gasteiger partial charge in [0.15, 0.2) is 5.69 Å². The van der Waals surface area contributed by atoms with E-state index in [1.54, 1.807) is 0 Å². The van der Waals surface area contributed by atoms with Gasteiger partial charge in [-0.05, 0) is 19.3 Å². The molecule has 1 aliphatic rings. The largest absolute Gasteiger partial charge is 0.476 e. The van der Waals surface area contributed by atoms with E-state index >= 15 is 0 Å². The fraction of sp³-hybridized carbons (Fsp3) is 0.500. The monoisotopic (exact) mass is 281 g/mol. The van der Waals surface area contributed by atoms with Crippen LogP contribution in [0.1, 0.15) is 29.8 Å². The molecule has 0 radical (unpaired) electrons. The second-order valence-electron chi connectivity index (χ2n) is 4.28. The van der Waals surface area contributed by atoms with Crippen molar-refractivity contribution in [3.8, 4) is 0 Å². The van der Waals surface area contributed by atoms with Gasteiger partial charge < -0.3 is 10.0 Å². The van der Waals surface area contributed by atoms with Crippen LogP contribution in [0.15, 0.2) is 17.4 Å². The minimum absolute atomic E-state index is 0.0761. The topological polar surface area (TPSA) is 83.4 Å². The van der Waals surface area contributed by atoms with Gasteiger partial charge in [0.25, 0.3) is 0 Å². The number of likely N-dealkylation sites (tertiary alicyclic amines) is 1. The van der Waals surface area contributed by atoms with Crippen LogP contribution in [0.3, 0.4) is 0 Å². The van der Waals surface area contributed by atoms with Crippen molar-refractivity contribution in [3.63, 3.8) is 0 Å². The number of aromatic nitrogens is 2.